The summed E-state index contributed by atoms with van der Waals surface area (Å²) in [6, 6.07) is 15.4. The number of piperidine rings is 1. The van der Waals surface area contributed by atoms with Crippen molar-refractivity contribution >= 4 is 34.9 Å². The second-order valence-electron chi connectivity index (χ2n) is 10.2. The van der Waals surface area contributed by atoms with E-state index < -0.39 is 11.1 Å². The molecule has 196 valence electrons. The fraction of sp³-hybridized carbons (Fsp3) is 0.414. The molecule has 0 aromatic heterocycles. The molecule has 0 saturated carbocycles. The smallest absolute Gasteiger partial charge is 0.294 e. The molecule has 37 heavy (non-hydrogen) atoms. The molecule has 2 aliphatic rings. The largest absolute Gasteiger partial charge is 0.490 e. The highest BCUT2D eigenvalue weighted by Gasteiger charge is 2.37. The van der Waals surface area contributed by atoms with E-state index in [1.165, 1.54) is 5.56 Å². The third-order valence-electron chi connectivity index (χ3n) is 6.39. The molecule has 0 radical (unpaired) electrons. The molecule has 2 aromatic carbocycles. The lowest BCUT2D eigenvalue weighted by molar-refractivity contribution is -0.136. The molecule has 2 aromatic rings. The van der Waals surface area contributed by atoms with Crippen LogP contribution >= 0.6 is 11.8 Å². The van der Waals surface area contributed by atoms with E-state index >= 15 is 0 Å². The van der Waals surface area contributed by atoms with Crippen LogP contribution in [-0.2, 0) is 15.0 Å². The fourth-order valence-electron chi connectivity index (χ4n) is 4.20. The Morgan fingerprint density at radius 2 is 1.46 bits per heavy atom. The van der Waals surface area contributed by atoms with Crippen LogP contribution in [0.4, 0.5) is 4.79 Å². The molecule has 0 N–H and O–H groups in total. The van der Waals surface area contributed by atoms with Gasteiger partial charge in [0.25, 0.3) is 11.1 Å². The SMILES string of the molecule is CC(C)(C)c1ccc(OCCOc2ccc(/C=C3\SC(=O)N(CC(=O)N4CCCCC4)C3=O)cc2)cc1. The first-order chi connectivity index (χ1) is 17.7. The molecule has 4 rings (SSSR count). The number of likely N-dealkylation sites (tertiary alicyclic amines) is 1. The Morgan fingerprint density at radius 1 is 0.892 bits per heavy atom. The predicted octanol–water partition coefficient (Wildman–Crippen LogP) is 5.49. The first kappa shape index (κ1) is 26.8. The van der Waals surface area contributed by atoms with Crippen molar-refractivity contribution in [3.05, 3.63) is 64.6 Å². The van der Waals surface area contributed by atoms with E-state index in [-0.39, 0.29) is 17.9 Å². The van der Waals surface area contributed by atoms with Crippen molar-refractivity contribution in [2.24, 2.45) is 0 Å². The van der Waals surface area contributed by atoms with Crippen LogP contribution < -0.4 is 9.47 Å². The number of hydrogen-bond donors (Lipinski definition) is 0. The Balaban J connectivity index is 1.25. The van der Waals surface area contributed by atoms with Crippen molar-refractivity contribution in [2.75, 3.05) is 32.8 Å². The van der Waals surface area contributed by atoms with Crippen LogP contribution in [-0.4, -0.2) is 59.7 Å². The first-order valence-electron chi connectivity index (χ1n) is 12.7. The number of imide groups is 1. The Labute approximate surface area is 222 Å². The minimum absolute atomic E-state index is 0.105. The van der Waals surface area contributed by atoms with Gasteiger partial charge in [-0.05, 0) is 77.9 Å². The number of hydrogen-bond acceptors (Lipinski definition) is 6. The number of nitrogens with zero attached hydrogens (tertiary/aromatic N) is 2. The number of carbonyl (C=O) groups excluding carboxylic acids is 3. The van der Waals surface area contributed by atoms with Gasteiger partial charge in [0, 0.05) is 13.1 Å². The first-order valence-corrected chi connectivity index (χ1v) is 13.5. The highest BCUT2D eigenvalue weighted by Crippen LogP contribution is 2.32. The number of amides is 3. The Hall–Kier alpha value is -3.26. The Kier molecular flexibility index (Phi) is 8.59. The molecule has 2 aliphatic heterocycles. The van der Waals surface area contributed by atoms with Crippen LogP contribution in [0.25, 0.3) is 6.08 Å². The van der Waals surface area contributed by atoms with E-state index in [0.717, 1.165) is 47.2 Å². The summed E-state index contributed by atoms with van der Waals surface area (Å²) in [5.74, 6) is 0.895. The number of thioether (sulfide) groups is 1. The zero-order valence-electron chi connectivity index (χ0n) is 21.7. The third kappa shape index (κ3) is 7.16. The van der Waals surface area contributed by atoms with Crippen LogP contribution in [0.15, 0.2) is 53.4 Å². The lowest BCUT2D eigenvalue weighted by Crippen LogP contribution is -2.44. The van der Waals surface area contributed by atoms with E-state index in [4.69, 9.17) is 9.47 Å². The van der Waals surface area contributed by atoms with Crippen molar-refractivity contribution < 1.29 is 23.9 Å². The topological polar surface area (TPSA) is 76.2 Å². The lowest BCUT2D eigenvalue weighted by Gasteiger charge is -2.27. The van der Waals surface area contributed by atoms with Crippen LogP contribution in [0.3, 0.4) is 0 Å². The minimum Gasteiger partial charge on any atom is -0.490 e. The zero-order valence-corrected chi connectivity index (χ0v) is 22.5. The van der Waals surface area contributed by atoms with Crippen LogP contribution in [0.2, 0.25) is 0 Å². The van der Waals surface area contributed by atoms with Gasteiger partial charge in [-0.3, -0.25) is 19.3 Å². The average molecular weight is 523 g/mol. The summed E-state index contributed by atoms with van der Waals surface area (Å²) in [6.07, 6.45) is 4.71. The van der Waals surface area contributed by atoms with Crippen molar-refractivity contribution in [2.45, 2.75) is 45.4 Å². The summed E-state index contributed by atoms with van der Waals surface area (Å²) in [5.41, 5.74) is 2.14. The highest BCUT2D eigenvalue weighted by atomic mass is 32.2. The monoisotopic (exact) mass is 522 g/mol. The molecule has 2 heterocycles. The minimum atomic E-state index is -0.423. The lowest BCUT2D eigenvalue weighted by atomic mass is 9.87. The number of ether oxygens (including phenoxy) is 2. The molecule has 3 amide bonds. The molecule has 7 nitrogen and oxygen atoms in total. The maximum absolute atomic E-state index is 12.8. The second-order valence-corrected chi connectivity index (χ2v) is 11.2. The van der Waals surface area contributed by atoms with E-state index in [1.54, 1.807) is 11.0 Å². The van der Waals surface area contributed by atoms with Gasteiger partial charge < -0.3 is 14.4 Å². The molecule has 0 spiro atoms. The van der Waals surface area contributed by atoms with Gasteiger partial charge in [-0.1, -0.05) is 45.0 Å². The van der Waals surface area contributed by atoms with E-state index in [9.17, 15) is 14.4 Å². The number of carbonyl (C=O) groups is 3. The van der Waals surface area contributed by atoms with Gasteiger partial charge in [-0.25, -0.2) is 0 Å². The van der Waals surface area contributed by atoms with E-state index in [0.29, 0.717) is 37.0 Å². The van der Waals surface area contributed by atoms with Gasteiger partial charge in [0.1, 0.15) is 31.3 Å². The number of benzene rings is 2. The van der Waals surface area contributed by atoms with Gasteiger partial charge in [-0.15, -0.1) is 0 Å². The van der Waals surface area contributed by atoms with E-state index in [1.807, 2.05) is 36.4 Å². The maximum atomic E-state index is 12.8. The predicted molar refractivity (Wildman–Crippen MR) is 146 cm³/mol. The van der Waals surface area contributed by atoms with Gasteiger partial charge >= 0.3 is 0 Å². The number of rotatable bonds is 8. The van der Waals surface area contributed by atoms with Gasteiger partial charge in [0.15, 0.2) is 0 Å². The molecule has 0 aliphatic carbocycles. The molecular weight excluding hydrogens is 488 g/mol. The molecule has 8 heteroatoms. The van der Waals surface area contributed by atoms with Crippen molar-refractivity contribution in [3.63, 3.8) is 0 Å². The molecule has 2 saturated heterocycles. The summed E-state index contributed by atoms with van der Waals surface area (Å²) in [6.45, 7) is 8.53. The summed E-state index contributed by atoms with van der Waals surface area (Å²) in [7, 11) is 0. The fourth-order valence-corrected chi connectivity index (χ4v) is 5.04. The van der Waals surface area contributed by atoms with Gasteiger partial charge in [0.05, 0.1) is 4.91 Å². The standard InChI is InChI=1S/C29H34N2O5S/c1-29(2,3)22-9-13-24(14-10-22)36-18-17-35-23-11-7-21(8-12-23)19-25-27(33)31(28(34)37-25)20-26(32)30-15-5-4-6-16-30/h7-14,19H,4-6,15-18,20H2,1-3H3/b25-19-. The van der Waals surface area contributed by atoms with Crippen molar-refractivity contribution in [1.82, 2.24) is 9.80 Å². The zero-order chi connectivity index (χ0) is 26.4. The molecule has 2 fully saturated rings. The quantitative estimate of drug-likeness (QED) is 0.337. The van der Waals surface area contributed by atoms with Gasteiger partial charge in [-0.2, -0.15) is 0 Å². The molecule has 0 bridgehead atoms. The summed E-state index contributed by atoms with van der Waals surface area (Å²) in [5, 5.41) is -0.408. The van der Waals surface area contributed by atoms with Crippen LogP contribution in [0.5, 0.6) is 11.5 Å². The van der Waals surface area contributed by atoms with E-state index in [2.05, 4.69) is 32.9 Å². The van der Waals surface area contributed by atoms with Gasteiger partial charge in [0.2, 0.25) is 5.91 Å². The third-order valence-corrected chi connectivity index (χ3v) is 7.30. The summed E-state index contributed by atoms with van der Waals surface area (Å²) in [4.78, 5) is 40.8. The Morgan fingerprint density at radius 3 is 2.03 bits per heavy atom. The highest BCUT2D eigenvalue weighted by molar-refractivity contribution is 8.18. The summed E-state index contributed by atoms with van der Waals surface area (Å²) < 4.78 is 11.5. The Bertz CT molecular complexity index is 1150. The normalized spacial score (nSPS) is 17.4. The average Bonchev–Trinajstić information content (AvgIpc) is 3.15. The van der Waals surface area contributed by atoms with Crippen molar-refractivity contribution in [1.29, 1.82) is 0 Å². The van der Waals surface area contributed by atoms with Crippen molar-refractivity contribution in [3.8, 4) is 11.5 Å². The molecule has 0 atom stereocenters. The van der Waals surface area contributed by atoms with Crippen LogP contribution in [0, 0.1) is 0 Å². The summed E-state index contributed by atoms with van der Waals surface area (Å²) >= 11 is 0.866. The molecular formula is C29H34N2O5S. The van der Waals surface area contributed by atoms with Crippen LogP contribution in [0.1, 0.15) is 51.2 Å². The molecule has 0 unspecified atom stereocenters. The second kappa shape index (κ2) is 11.9. The maximum Gasteiger partial charge on any atom is 0.294 e.